The average Bonchev–Trinajstić information content (AvgIpc) is 2.03. The van der Waals surface area contributed by atoms with E-state index in [4.69, 9.17) is 4.55 Å². The maximum atomic E-state index is 10.3. The highest BCUT2D eigenvalue weighted by atomic mass is 32.2. The van der Waals surface area contributed by atoms with Gasteiger partial charge in [-0.3, -0.25) is 4.90 Å². The van der Waals surface area contributed by atoms with E-state index in [1.54, 1.807) is 0 Å². The van der Waals surface area contributed by atoms with Gasteiger partial charge in [0.25, 0.3) is 0 Å². The van der Waals surface area contributed by atoms with Gasteiger partial charge < -0.3 is 9.87 Å². The van der Waals surface area contributed by atoms with Crippen LogP contribution in [0.4, 0.5) is 0 Å². The predicted molar refractivity (Wildman–Crippen MR) is 44.9 cm³/mol. The summed E-state index contributed by atoms with van der Waals surface area (Å²) in [4.78, 5) is 2.20. The van der Waals surface area contributed by atoms with Crippen molar-refractivity contribution in [1.82, 2.24) is 10.2 Å². The SMILES string of the molecule is O=S(O)CCN1CCNCC1. The summed E-state index contributed by atoms with van der Waals surface area (Å²) in [6.07, 6.45) is 0. The maximum Gasteiger partial charge on any atom is 0.154 e. The molecule has 0 aromatic carbocycles. The van der Waals surface area contributed by atoms with Crippen molar-refractivity contribution in [3.8, 4) is 0 Å². The zero-order valence-corrected chi connectivity index (χ0v) is 7.27. The van der Waals surface area contributed by atoms with Crippen LogP contribution >= 0.6 is 0 Å². The van der Waals surface area contributed by atoms with Crippen molar-refractivity contribution in [3.05, 3.63) is 0 Å². The van der Waals surface area contributed by atoms with Crippen molar-refractivity contribution in [2.75, 3.05) is 38.5 Å². The molecule has 1 heterocycles. The summed E-state index contributed by atoms with van der Waals surface area (Å²) < 4.78 is 18.8. The molecule has 1 atom stereocenters. The van der Waals surface area contributed by atoms with E-state index in [1.165, 1.54) is 0 Å². The van der Waals surface area contributed by atoms with Gasteiger partial charge in [0.1, 0.15) is 0 Å². The molecule has 1 rings (SSSR count). The van der Waals surface area contributed by atoms with Crippen LogP contribution in [0.25, 0.3) is 0 Å². The van der Waals surface area contributed by atoms with Gasteiger partial charge in [0.05, 0.1) is 5.75 Å². The van der Waals surface area contributed by atoms with Gasteiger partial charge in [0, 0.05) is 32.7 Å². The summed E-state index contributed by atoms with van der Waals surface area (Å²) in [5.41, 5.74) is 0. The highest BCUT2D eigenvalue weighted by Crippen LogP contribution is 1.91. The molecule has 2 N–H and O–H groups in total. The molecule has 1 saturated heterocycles. The fraction of sp³-hybridized carbons (Fsp3) is 1.00. The Kier molecular flexibility index (Phi) is 3.99. The third kappa shape index (κ3) is 3.81. The summed E-state index contributed by atoms with van der Waals surface area (Å²) in [5.74, 6) is 0.375. The van der Waals surface area contributed by atoms with E-state index in [1.807, 2.05) is 0 Å². The first-order valence-electron chi connectivity index (χ1n) is 3.79. The van der Waals surface area contributed by atoms with Crippen LogP contribution in [0.5, 0.6) is 0 Å². The fourth-order valence-electron chi connectivity index (χ4n) is 1.14. The predicted octanol–water partition coefficient (Wildman–Crippen LogP) is -0.887. The second kappa shape index (κ2) is 4.82. The molecular weight excluding hydrogens is 164 g/mol. The van der Waals surface area contributed by atoms with Crippen molar-refractivity contribution in [3.63, 3.8) is 0 Å². The molecule has 66 valence electrons. The quantitative estimate of drug-likeness (QED) is 0.551. The summed E-state index contributed by atoms with van der Waals surface area (Å²) in [5, 5.41) is 3.22. The van der Waals surface area contributed by atoms with Crippen molar-refractivity contribution in [1.29, 1.82) is 0 Å². The minimum atomic E-state index is -1.63. The molecular formula is C6H14N2O2S. The maximum absolute atomic E-state index is 10.3. The fourth-order valence-corrected chi connectivity index (χ4v) is 1.56. The number of nitrogens with zero attached hydrogens (tertiary/aromatic N) is 1. The van der Waals surface area contributed by atoms with Crippen LogP contribution in [0, 0.1) is 0 Å². The Balaban J connectivity index is 2.09. The lowest BCUT2D eigenvalue weighted by molar-refractivity contribution is 0.253. The molecule has 0 aromatic heterocycles. The van der Waals surface area contributed by atoms with Crippen molar-refractivity contribution in [2.24, 2.45) is 0 Å². The van der Waals surface area contributed by atoms with Gasteiger partial charge in [-0.05, 0) is 0 Å². The van der Waals surface area contributed by atoms with Crippen LogP contribution in [-0.2, 0) is 11.1 Å². The Morgan fingerprint density at radius 3 is 2.64 bits per heavy atom. The molecule has 0 spiro atoms. The lowest BCUT2D eigenvalue weighted by Crippen LogP contribution is -2.44. The van der Waals surface area contributed by atoms with E-state index < -0.39 is 11.1 Å². The zero-order valence-electron chi connectivity index (χ0n) is 6.45. The Labute approximate surface area is 69.2 Å². The normalized spacial score (nSPS) is 23.4. The Bertz CT molecular complexity index is 137. The molecule has 0 saturated carbocycles. The van der Waals surface area contributed by atoms with E-state index >= 15 is 0 Å². The molecule has 1 fully saturated rings. The number of nitrogens with one attached hydrogen (secondary N) is 1. The number of hydrogen-bond donors (Lipinski definition) is 2. The first kappa shape index (κ1) is 9.12. The molecule has 11 heavy (non-hydrogen) atoms. The van der Waals surface area contributed by atoms with Crippen LogP contribution in [0.2, 0.25) is 0 Å². The first-order chi connectivity index (χ1) is 5.29. The lowest BCUT2D eigenvalue weighted by Gasteiger charge is -2.26. The van der Waals surface area contributed by atoms with Crippen LogP contribution in [0.15, 0.2) is 0 Å². The van der Waals surface area contributed by atoms with Crippen LogP contribution in [-0.4, -0.2) is 52.1 Å². The molecule has 0 radical (unpaired) electrons. The molecule has 1 aliphatic heterocycles. The molecule has 4 nitrogen and oxygen atoms in total. The third-order valence-corrected chi connectivity index (χ3v) is 2.32. The number of piperazine rings is 1. The van der Waals surface area contributed by atoms with Gasteiger partial charge in [0.2, 0.25) is 0 Å². The number of rotatable bonds is 3. The summed E-state index contributed by atoms with van der Waals surface area (Å²) >= 11 is -1.63. The molecule has 1 aliphatic rings. The molecule has 0 amide bonds. The zero-order chi connectivity index (χ0) is 8.10. The Morgan fingerprint density at radius 1 is 1.45 bits per heavy atom. The number of hydrogen-bond acceptors (Lipinski definition) is 3. The Hall–Kier alpha value is 0.0300. The second-order valence-corrected chi connectivity index (χ2v) is 3.67. The molecule has 0 aromatic rings. The Morgan fingerprint density at radius 2 is 2.09 bits per heavy atom. The van der Waals surface area contributed by atoms with E-state index in [9.17, 15) is 4.21 Å². The topological polar surface area (TPSA) is 52.6 Å². The largest absolute Gasteiger partial charge is 0.314 e. The lowest BCUT2D eigenvalue weighted by atomic mass is 10.4. The minimum Gasteiger partial charge on any atom is -0.314 e. The monoisotopic (exact) mass is 178 g/mol. The van der Waals surface area contributed by atoms with E-state index in [2.05, 4.69) is 10.2 Å². The van der Waals surface area contributed by atoms with Crippen molar-refractivity contribution < 1.29 is 8.76 Å². The standard InChI is InChI=1S/C6H14N2O2S/c9-11(10)6-5-8-3-1-7-2-4-8/h7H,1-6H2,(H,9,10). The average molecular weight is 178 g/mol. The summed E-state index contributed by atoms with van der Waals surface area (Å²) in [6.45, 7) is 4.73. The first-order valence-corrected chi connectivity index (χ1v) is 5.07. The summed E-state index contributed by atoms with van der Waals surface area (Å²) in [7, 11) is 0. The summed E-state index contributed by atoms with van der Waals surface area (Å²) in [6, 6.07) is 0. The van der Waals surface area contributed by atoms with Crippen LogP contribution < -0.4 is 5.32 Å². The highest BCUT2D eigenvalue weighted by molar-refractivity contribution is 7.79. The van der Waals surface area contributed by atoms with Gasteiger partial charge in [-0.2, -0.15) is 0 Å². The highest BCUT2D eigenvalue weighted by Gasteiger charge is 2.09. The minimum absolute atomic E-state index is 0.375. The smallest absolute Gasteiger partial charge is 0.154 e. The molecule has 5 heteroatoms. The van der Waals surface area contributed by atoms with Gasteiger partial charge in [-0.1, -0.05) is 0 Å². The van der Waals surface area contributed by atoms with Gasteiger partial charge in [0.15, 0.2) is 11.1 Å². The van der Waals surface area contributed by atoms with Crippen LogP contribution in [0.1, 0.15) is 0 Å². The van der Waals surface area contributed by atoms with Gasteiger partial charge >= 0.3 is 0 Å². The molecule has 0 aliphatic carbocycles. The van der Waals surface area contributed by atoms with Crippen molar-refractivity contribution >= 4 is 11.1 Å². The third-order valence-electron chi connectivity index (χ3n) is 1.79. The van der Waals surface area contributed by atoms with E-state index in [0.29, 0.717) is 5.75 Å². The second-order valence-electron chi connectivity index (χ2n) is 2.62. The van der Waals surface area contributed by atoms with E-state index in [-0.39, 0.29) is 0 Å². The molecule has 0 bridgehead atoms. The molecule has 1 unspecified atom stereocenters. The van der Waals surface area contributed by atoms with Crippen molar-refractivity contribution in [2.45, 2.75) is 0 Å². The van der Waals surface area contributed by atoms with E-state index in [0.717, 1.165) is 32.7 Å². The van der Waals surface area contributed by atoms with Gasteiger partial charge in [-0.25, -0.2) is 4.21 Å². The van der Waals surface area contributed by atoms with Crippen LogP contribution in [0.3, 0.4) is 0 Å². The van der Waals surface area contributed by atoms with Gasteiger partial charge in [-0.15, -0.1) is 0 Å².